The standard InChI is InChI=1S/C14H25F2NO3/c1-5-14(19-10-11(15)16)6-8-17(9-7-14)12(18)20-13(2,3)4/h11H,5-10H2,1-4H3. The number of hydrogen-bond donors (Lipinski definition) is 0. The molecule has 1 rings (SSSR count). The van der Waals surface area contributed by atoms with E-state index < -0.39 is 24.2 Å². The van der Waals surface area contributed by atoms with Crippen molar-refractivity contribution in [1.29, 1.82) is 0 Å². The fourth-order valence-corrected chi connectivity index (χ4v) is 2.26. The Kier molecular flexibility index (Phi) is 5.74. The summed E-state index contributed by atoms with van der Waals surface area (Å²) < 4.78 is 35.2. The minimum atomic E-state index is -2.46. The Balaban J connectivity index is 2.50. The van der Waals surface area contributed by atoms with Crippen LogP contribution in [0.4, 0.5) is 13.6 Å². The first-order valence-electron chi connectivity index (χ1n) is 7.07. The number of piperidine rings is 1. The van der Waals surface area contributed by atoms with E-state index in [1.807, 2.05) is 27.7 Å². The number of carbonyl (C=O) groups is 1. The maximum Gasteiger partial charge on any atom is 0.410 e. The normalized spacial score (nSPS) is 19.2. The first kappa shape index (κ1) is 17.1. The van der Waals surface area contributed by atoms with Crippen molar-refractivity contribution in [1.82, 2.24) is 4.90 Å². The van der Waals surface area contributed by atoms with Crippen molar-refractivity contribution >= 4 is 6.09 Å². The van der Waals surface area contributed by atoms with Crippen LogP contribution in [0.1, 0.15) is 47.0 Å². The van der Waals surface area contributed by atoms with Gasteiger partial charge < -0.3 is 14.4 Å². The lowest BCUT2D eigenvalue weighted by molar-refractivity contribution is -0.117. The largest absolute Gasteiger partial charge is 0.444 e. The maximum atomic E-state index is 12.3. The van der Waals surface area contributed by atoms with E-state index in [4.69, 9.17) is 9.47 Å². The Morgan fingerprint density at radius 3 is 2.25 bits per heavy atom. The first-order valence-corrected chi connectivity index (χ1v) is 7.07. The molecule has 0 aromatic carbocycles. The van der Waals surface area contributed by atoms with Crippen molar-refractivity contribution in [3.8, 4) is 0 Å². The third-order valence-corrected chi connectivity index (χ3v) is 3.49. The molecule has 1 fully saturated rings. The van der Waals surface area contributed by atoms with E-state index in [0.29, 0.717) is 32.4 Å². The van der Waals surface area contributed by atoms with Gasteiger partial charge in [-0.1, -0.05) is 6.92 Å². The van der Waals surface area contributed by atoms with Gasteiger partial charge in [-0.15, -0.1) is 0 Å². The predicted octanol–water partition coefficient (Wildman–Crippen LogP) is 3.45. The zero-order valence-electron chi connectivity index (χ0n) is 12.7. The van der Waals surface area contributed by atoms with Crippen molar-refractivity contribution in [2.45, 2.75) is 64.6 Å². The number of alkyl halides is 2. The lowest BCUT2D eigenvalue weighted by Crippen LogP contribution is -2.49. The Bertz CT molecular complexity index is 321. The van der Waals surface area contributed by atoms with E-state index in [1.54, 1.807) is 4.90 Å². The van der Waals surface area contributed by atoms with E-state index in [2.05, 4.69) is 0 Å². The Labute approximate surface area is 119 Å². The van der Waals surface area contributed by atoms with Crippen molar-refractivity contribution in [3.05, 3.63) is 0 Å². The van der Waals surface area contributed by atoms with E-state index in [1.165, 1.54) is 0 Å². The van der Waals surface area contributed by atoms with Gasteiger partial charge in [-0.25, -0.2) is 13.6 Å². The molecule has 6 heteroatoms. The van der Waals surface area contributed by atoms with Crippen LogP contribution in [0.25, 0.3) is 0 Å². The van der Waals surface area contributed by atoms with E-state index in [9.17, 15) is 13.6 Å². The van der Waals surface area contributed by atoms with Gasteiger partial charge in [0, 0.05) is 13.1 Å². The van der Waals surface area contributed by atoms with Gasteiger partial charge in [0.2, 0.25) is 0 Å². The average Bonchev–Trinajstić information content (AvgIpc) is 2.35. The second kappa shape index (κ2) is 6.70. The van der Waals surface area contributed by atoms with Crippen LogP contribution in [-0.4, -0.2) is 48.3 Å². The van der Waals surface area contributed by atoms with Crippen molar-refractivity contribution in [2.24, 2.45) is 0 Å². The molecular weight excluding hydrogens is 268 g/mol. The molecule has 1 aliphatic rings. The Hall–Kier alpha value is -0.910. The Morgan fingerprint density at radius 2 is 1.85 bits per heavy atom. The summed E-state index contributed by atoms with van der Waals surface area (Å²) in [7, 11) is 0. The predicted molar refractivity (Wildman–Crippen MR) is 72.0 cm³/mol. The van der Waals surface area contributed by atoms with Crippen LogP contribution in [0.2, 0.25) is 0 Å². The number of halogens is 2. The van der Waals surface area contributed by atoms with Crippen LogP contribution in [0, 0.1) is 0 Å². The molecule has 1 amide bonds. The summed E-state index contributed by atoms with van der Waals surface area (Å²) in [6, 6.07) is 0. The van der Waals surface area contributed by atoms with Gasteiger partial charge in [-0.3, -0.25) is 0 Å². The summed E-state index contributed by atoms with van der Waals surface area (Å²) in [6.45, 7) is 7.79. The molecule has 0 aromatic rings. The quantitative estimate of drug-likeness (QED) is 0.797. The number of hydrogen-bond acceptors (Lipinski definition) is 3. The molecule has 1 heterocycles. The van der Waals surface area contributed by atoms with Gasteiger partial charge >= 0.3 is 6.09 Å². The molecule has 4 nitrogen and oxygen atoms in total. The smallest absolute Gasteiger partial charge is 0.410 e. The molecule has 0 atom stereocenters. The molecule has 118 valence electrons. The van der Waals surface area contributed by atoms with Crippen molar-refractivity contribution < 1.29 is 23.0 Å². The third-order valence-electron chi connectivity index (χ3n) is 3.49. The number of carbonyl (C=O) groups excluding carboxylic acids is 1. The van der Waals surface area contributed by atoms with Crippen LogP contribution >= 0.6 is 0 Å². The van der Waals surface area contributed by atoms with Gasteiger partial charge in [-0.05, 0) is 40.0 Å². The number of ether oxygens (including phenoxy) is 2. The SMILES string of the molecule is CCC1(OCC(F)F)CCN(C(=O)OC(C)(C)C)CC1. The first-order chi connectivity index (χ1) is 9.17. The fourth-order valence-electron chi connectivity index (χ4n) is 2.26. The van der Waals surface area contributed by atoms with Crippen LogP contribution < -0.4 is 0 Å². The van der Waals surface area contributed by atoms with Gasteiger partial charge in [0.25, 0.3) is 6.43 Å². The van der Waals surface area contributed by atoms with Gasteiger partial charge in [0.15, 0.2) is 0 Å². The van der Waals surface area contributed by atoms with E-state index >= 15 is 0 Å². The zero-order valence-corrected chi connectivity index (χ0v) is 12.7. The monoisotopic (exact) mass is 293 g/mol. The molecular formula is C14H25F2NO3. The molecule has 0 unspecified atom stereocenters. The topological polar surface area (TPSA) is 38.8 Å². The maximum absolute atomic E-state index is 12.3. The third kappa shape index (κ3) is 5.23. The van der Waals surface area contributed by atoms with E-state index in [-0.39, 0.29) is 6.09 Å². The summed E-state index contributed by atoms with van der Waals surface area (Å²) in [5.41, 5.74) is -1.06. The number of rotatable bonds is 4. The van der Waals surface area contributed by atoms with Gasteiger partial charge in [0.05, 0.1) is 5.60 Å². The highest BCUT2D eigenvalue weighted by atomic mass is 19.3. The molecule has 0 bridgehead atoms. The highest BCUT2D eigenvalue weighted by Crippen LogP contribution is 2.30. The fraction of sp³-hybridized carbons (Fsp3) is 0.929. The minimum absolute atomic E-state index is 0.351. The molecule has 0 N–H and O–H groups in total. The number of amides is 1. The van der Waals surface area contributed by atoms with Crippen LogP contribution in [0.15, 0.2) is 0 Å². The van der Waals surface area contributed by atoms with Crippen LogP contribution in [0.3, 0.4) is 0 Å². The summed E-state index contributed by atoms with van der Waals surface area (Å²) >= 11 is 0. The second-order valence-electron chi connectivity index (χ2n) is 6.21. The van der Waals surface area contributed by atoms with Crippen molar-refractivity contribution in [2.75, 3.05) is 19.7 Å². The van der Waals surface area contributed by atoms with E-state index in [0.717, 1.165) is 0 Å². The van der Waals surface area contributed by atoms with Crippen molar-refractivity contribution in [3.63, 3.8) is 0 Å². The highest BCUT2D eigenvalue weighted by Gasteiger charge is 2.37. The minimum Gasteiger partial charge on any atom is -0.444 e. The number of nitrogens with zero attached hydrogens (tertiary/aromatic N) is 1. The molecule has 1 aliphatic heterocycles. The average molecular weight is 293 g/mol. The van der Waals surface area contributed by atoms with Gasteiger partial charge in [-0.2, -0.15) is 0 Å². The lowest BCUT2D eigenvalue weighted by Gasteiger charge is -2.41. The molecule has 0 radical (unpaired) electrons. The molecule has 0 spiro atoms. The Morgan fingerprint density at radius 1 is 1.30 bits per heavy atom. The molecule has 0 saturated carbocycles. The summed E-state index contributed by atoms with van der Waals surface area (Å²) in [5.74, 6) is 0. The summed E-state index contributed by atoms with van der Waals surface area (Å²) in [6.07, 6.45) is -1.01. The number of likely N-dealkylation sites (tertiary alicyclic amines) is 1. The van der Waals surface area contributed by atoms with Gasteiger partial charge in [0.1, 0.15) is 12.2 Å². The van der Waals surface area contributed by atoms with Crippen LogP contribution in [0.5, 0.6) is 0 Å². The van der Waals surface area contributed by atoms with Crippen LogP contribution in [-0.2, 0) is 9.47 Å². The summed E-state index contributed by atoms with van der Waals surface area (Å²) in [4.78, 5) is 13.5. The molecule has 0 aliphatic carbocycles. The molecule has 20 heavy (non-hydrogen) atoms. The molecule has 0 aromatic heterocycles. The second-order valence-corrected chi connectivity index (χ2v) is 6.21. The zero-order chi connectivity index (χ0) is 15.4. The highest BCUT2D eigenvalue weighted by molar-refractivity contribution is 5.68. The lowest BCUT2D eigenvalue weighted by atomic mass is 9.88. The molecule has 1 saturated heterocycles. The summed E-state index contributed by atoms with van der Waals surface area (Å²) in [5, 5.41) is 0.